The molecule has 84 valence electrons. The molecule has 0 amide bonds. The highest BCUT2D eigenvalue weighted by molar-refractivity contribution is 4.88. The lowest BCUT2D eigenvalue weighted by Crippen LogP contribution is -2.09. The molecule has 0 spiro atoms. The first-order valence-corrected chi connectivity index (χ1v) is 4.44. The Hall–Kier alpha value is -0.680. The van der Waals surface area contributed by atoms with Crippen molar-refractivity contribution >= 4 is 0 Å². The van der Waals surface area contributed by atoms with E-state index in [0.717, 1.165) is 0 Å². The van der Waals surface area contributed by atoms with Crippen LogP contribution < -0.4 is 0 Å². The first-order chi connectivity index (χ1) is 6.83. The number of ether oxygens (including phenoxy) is 2. The Morgan fingerprint density at radius 3 is 1.36 bits per heavy atom. The Kier molecular flexibility index (Phi) is 20.5. The van der Waals surface area contributed by atoms with Gasteiger partial charge in [-0.05, 0) is 0 Å². The summed E-state index contributed by atoms with van der Waals surface area (Å²) in [6.07, 6.45) is 3.28. The number of aliphatic hydroxyl groups is 2. The fourth-order valence-corrected chi connectivity index (χ4v) is 0.451. The van der Waals surface area contributed by atoms with Crippen LogP contribution in [0.5, 0.6) is 0 Å². The lowest BCUT2D eigenvalue weighted by molar-refractivity contribution is 0.0222. The van der Waals surface area contributed by atoms with Gasteiger partial charge in [-0.25, -0.2) is 0 Å². The van der Waals surface area contributed by atoms with E-state index in [1.807, 2.05) is 0 Å². The second-order valence-electron chi connectivity index (χ2n) is 2.14. The molecule has 0 saturated carbocycles. The molecule has 0 fully saturated rings. The Balaban J connectivity index is 0. The molecule has 0 aromatic carbocycles. The van der Waals surface area contributed by atoms with Crippen molar-refractivity contribution in [3.8, 4) is 0 Å². The summed E-state index contributed by atoms with van der Waals surface area (Å²) >= 11 is 0. The smallest absolute Gasteiger partial charge is 0.0701 e. The van der Waals surface area contributed by atoms with E-state index in [1.54, 1.807) is 12.2 Å². The summed E-state index contributed by atoms with van der Waals surface area (Å²) in [6, 6.07) is 0. The Morgan fingerprint density at radius 1 is 0.786 bits per heavy atom. The van der Waals surface area contributed by atoms with Crippen molar-refractivity contribution < 1.29 is 19.7 Å². The summed E-state index contributed by atoms with van der Waals surface area (Å²) in [5.41, 5.74) is 0. The van der Waals surface area contributed by atoms with Crippen LogP contribution in [0.3, 0.4) is 0 Å². The molecule has 0 atom stereocenters. The SMILES string of the molecule is C=CC=C.OCCOCCOCCO. The van der Waals surface area contributed by atoms with E-state index in [1.165, 1.54) is 0 Å². The third-order valence-corrected chi connectivity index (χ3v) is 1.01. The zero-order valence-electron chi connectivity index (χ0n) is 8.52. The Morgan fingerprint density at radius 2 is 1.14 bits per heavy atom. The van der Waals surface area contributed by atoms with Gasteiger partial charge in [0.05, 0.1) is 39.6 Å². The molecule has 0 aliphatic heterocycles. The fraction of sp³-hybridized carbons (Fsp3) is 0.600. The summed E-state index contributed by atoms with van der Waals surface area (Å²) in [6.45, 7) is 8.45. The van der Waals surface area contributed by atoms with E-state index in [-0.39, 0.29) is 13.2 Å². The average Bonchev–Trinajstić information content (AvgIpc) is 2.24. The summed E-state index contributed by atoms with van der Waals surface area (Å²) in [7, 11) is 0. The molecule has 0 aromatic rings. The molecular weight excluding hydrogens is 184 g/mol. The van der Waals surface area contributed by atoms with Gasteiger partial charge in [-0.3, -0.25) is 0 Å². The monoisotopic (exact) mass is 204 g/mol. The highest BCUT2D eigenvalue weighted by Crippen LogP contribution is 1.76. The quantitative estimate of drug-likeness (QED) is 0.443. The largest absolute Gasteiger partial charge is 0.394 e. The number of hydrogen-bond acceptors (Lipinski definition) is 4. The van der Waals surface area contributed by atoms with Crippen molar-refractivity contribution in [3.05, 3.63) is 25.3 Å². The van der Waals surface area contributed by atoms with Crippen molar-refractivity contribution in [1.82, 2.24) is 0 Å². The zero-order valence-corrected chi connectivity index (χ0v) is 8.52. The van der Waals surface area contributed by atoms with Gasteiger partial charge >= 0.3 is 0 Å². The van der Waals surface area contributed by atoms with Gasteiger partial charge in [0, 0.05) is 0 Å². The molecule has 0 aliphatic carbocycles. The van der Waals surface area contributed by atoms with Crippen LogP contribution in [0.2, 0.25) is 0 Å². The van der Waals surface area contributed by atoms with Gasteiger partial charge in [0.25, 0.3) is 0 Å². The van der Waals surface area contributed by atoms with E-state index in [0.29, 0.717) is 26.4 Å². The van der Waals surface area contributed by atoms with Gasteiger partial charge in [-0.1, -0.05) is 25.3 Å². The van der Waals surface area contributed by atoms with Crippen molar-refractivity contribution in [3.63, 3.8) is 0 Å². The van der Waals surface area contributed by atoms with Gasteiger partial charge in [-0.15, -0.1) is 0 Å². The maximum Gasteiger partial charge on any atom is 0.0701 e. The molecule has 0 aliphatic rings. The second kappa shape index (κ2) is 18.2. The standard InChI is InChI=1S/C6H14O4.C4H6/c7-1-3-9-5-6-10-4-2-8;1-3-4-2/h7-8H,1-6H2;3-4H,1-2H2. The third-order valence-electron chi connectivity index (χ3n) is 1.01. The summed E-state index contributed by atoms with van der Waals surface area (Å²) < 4.78 is 9.75. The lowest BCUT2D eigenvalue weighted by Gasteiger charge is -2.01. The molecule has 0 rings (SSSR count). The molecule has 2 N–H and O–H groups in total. The molecule has 4 heteroatoms. The zero-order chi connectivity index (χ0) is 11.1. The molecule has 0 unspecified atom stereocenters. The maximum atomic E-state index is 8.26. The molecule has 4 nitrogen and oxygen atoms in total. The van der Waals surface area contributed by atoms with Crippen molar-refractivity contribution in [2.45, 2.75) is 0 Å². The summed E-state index contributed by atoms with van der Waals surface area (Å²) in [4.78, 5) is 0. The average molecular weight is 204 g/mol. The fourth-order valence-electron chi connectivity index (χ4n) is 0.451. The van der Waals surface area contributed by atoms with Gasteiger partial charge in [0.15, 0.2) is 0 Å². The predicted octanol–water partition coefficient (Wildman–Crippen LogP) is 0.363. The predicted molar refractivity (Wildman–Crippen MR) is 56.2 cm³/mol. The minimum absolute atomic E-state index is 0.0417. The van der Waals surface area contributed by atoms with Crippen LogP contribution in [0.4, 0.5) is 0 Å². The van der Waals surface area contributed by atoms with E-state index >= 15 is 0 Å². The molecule has 14 heavy (non-hydrogen) atoms. The number of rotatable bonds is 8. The number of allylic oxidation sites excluding steroid dienone is 2. The van der Waals surface area contributed by atoms with Crippen LogP contribution in [0.15, 0.2) is 25.3 Å². The van der Waals surface area contributed by atoms with Crippen molar-refractivity contribution in [1.29, 1.82) is 0 Å². The lowest BCUT2D eigenvalue weighted by atomic mass is 10.6. The molecular formula is C10H20O4. The first kappa shape index (κ1) is 15.8. The molecule has 0 heterocycles. The number of aliphatic hydroxyl groups excluding tert-OH is 2. The third kappa shape index (κ3) is 22.5. The van der Waals surface area contributed by atoms with Gasteiger partial charge in [-0.2, -0.15) is 0 Å². The Bertz CT molecular complexity index is 101. The van der Waals surface area contributed by atoms with Gasteiger partial charge in [0.1, 0.15) is 0 Å². The second-order valence-corrected chi connectivity index (χ2v) is 2.14. The summed E-state index contributed by atoms with van der Waals surface area (Å²) in [5.74, 6) is 0. The minimum atomic E-state index is 0.0417. The molecule has 0 radical (unpaired) electrons. The molecule has 0 aromatic heterocycles. The topological polar surface area (TPSA) is 58.9 Å². The van der Waals surface area contributed by atoms with E-state index in [9.17, 15) is 0 Å². The van der Waals surface area contributed by atoms with Crippen LogP contribution in [0, 0.1) is 0 Å². The normalized spacial score (nSPS) is 8.71. The highest BCUT2D eigenvalue weighted by atomic mass is 16.5. The number of hydrogen-bond donors (Lipinski definition) is 2. The van der Waals surface area contributed by atoms with Crippen LogP contribution in [0.25, 0.3) is 0 Å². The van der Waals surface area contributed by atoms with E-state index in [2.05, 4.69) is 13.2 Å². The highest BCUT2D eigenvalue weighted by Gasteiger charge is 1.86. The first-order valence-electron chi connectivity index (χ1n) is 4.44. The van der Waals surface area contributed by atoms with E-state index in [4.69, 9.17) is 19.7 Å². The van der Waals surface area contributed by atoms with Crippen LogP contribution in [-0.4, -0.2) is 49.9 Å². The van der Waals surface area contributed by atoms with Crippen LogP contribution in [-0.2, 0) is 9.47 Å². The van der Waals surface area contributed by atoms with Crippen molar-refractivity contribution in [2.24, 2.45) is 0 Å². The van der Waals surface area contributed by atoms with Crippen molar-refractivity contribution in [2.75, 3.05) is 39.6 Å². The molecule has 0 bridgehead atoms. The maximum absolute atomic E-state index is 8.26. The van der Waals surface area contributed by atoms with Gasteiger partial charge in [0.2, 0.25) is 0 Å². The van der Waals surface area contributed by atoms with Crippen LogP contribution >= 0.6 is 0 Å². The van der Waals surface area contributed by atoms with E-state index < -0.39 is 0 Å². The van der Waals surface area contributed by atoms with Gasteiger partial charge < -0.3 is 19.7 Å². The minimum Gasteiger partial charge on any atom is -0.394 e. The Labute approximate surface area is 85.5 Å². The molecule has 0 saturated heterocycles. The van der Waals surface area contributed by atoms with Crippen LogP contribution in [0.1, 0.15) is 0 Å². The summed E-state index contributed by atoms with van der Waals surface area (Å²) in [5, 5.41) is 16.5.